The average molecular weight is 219 g/mol. The fourth-order valence-electron chi connectivity index (χ4n) is 2.69. The topological polar surface area (TPSA) is 21.3 Å². The van der Waals surface area contributed by atoms with Crippen molar-refractivity contribution in [1.82, 2.24) is 5.32 Å². The van der Waals surface area contributed by atoms with Gasteiger partial charge in [-0.05, 0) is 44.5 Å². The second-order valence-electron chi connectivity index (χ2n) is 4.70. The van der Waals surface area contributed by atoms with Gasteiger partial charge in [0.25, 0.3) is 0 Å². The number of benzene rings is 1. The average Bonchev–Trinajstić information content (AvgIpc) is 2.56. The lowest BCUT2D eigenvalue weighted by atomic mass is 9.95. The van der Waals surface area contributed by atoms with E-state index in [1.165, 1.54) is 16.7 Å². The van der Waals surface area contributed by atoms with Crippen molar-refractivity contribution in [3.05, 3.63) is 28.8 Å². The van der Waals surface area contributed by atoms with Crippen LogP contribution in [0.4, 0.5) is 0 Å². The predicted molar refractivity (Wildman–Crippen MR) is 67.0 cm³/mol. The van der Waals surface area contributed by atoms with Crippen molar-refractivity contribution in [2.45, 2.75) is 45.8 Å². The van der Waals surface area contributed by atoms with Crippen LogP contribution in [0.25, 0.3) is 0 Å². The molecule has 2 nitrogen and oxygen atoms in total. The highest BCUT2D eigenvalue weighted by atomic mass is 16.5. The van der Waals surface area contributed by atoms with Gasteiger partial charge in [0.1, 0.15) is 11.9 Å². The van der Waals surface area contributed by atoms with E-state index in [-0.39, 0.29) is 0 Å². The van der Waals surface area contributed by atoms with Crippen molar-refractivity contribution in [1.29, 1.82) is 0 Å². The van der Waals surface area contributed by atoms with E-state index in [0.717, 1.165) is 18.6 Å². The van der Waals surface area contributed by atoms with Crippen LogP contribution >= 0.6 is 0 Å². The maximum atomic E-state index is 6.05. The van der Waals surface area contributed by atoms with Gasteiger partial charge in [0, 0.05) is 5.56 Å². The summed E-state index contributed by atoms with van der Waals surface area (Å²) >= 11 is 0. The molecule has 1 heterocycles. The van der Waals surface area contributed by atoms with E-state index in [4.69, 9.17) is 4.74 Å². The molecule has 1 aliphatic rings. The summed E-state index contributed by atoms with van der Waals surface area (Å²) in [5, 5.41) is 3.39. The van der Waals surface area contributed by atoms with Gasteiger partial charge in [-0.25, -0.2) is 0 Å². The van der Waals surface area contributed by atoms with Crippen LogP contribution in [0.2, 0.25) is 0 Å². The van der Waals surface area contributed by atoms with Crippen LogP contribution in [-0.4, -0.2) is 13.2 Å². The number of hydrogen-bond donors (Lipinski definition) is 1. The maximum absolute atomic E-state index is 6.05. The van der Waals surface area contributed by atoms with Gasteiger partial charge in [-0.1, -0.05) is 19.4 Å². The van der Waals surface area contributed by atoms with Crippen molar-refractivity contribution in [3.8, 4) is 5.75 Å². The molecule has 0 bridgehead atoms. The van der Waals surface area contributed by atoms with Crippen molar-refractivity contribution in [3.63, 3.8) is 0 Å². The molecule has 2 heteroatoms. The lowest BCUT2D eigenvalue weighted by Gasteiger charge is -2.18. The highest BCUT2D eigenvalue weighted by molar-refractivity contribution is 5.48. The molecule has 2 unspecified atom stereocenters. The summed E-state index contributed by atoms with van der Waals surface area (Å²) in [7, 11) is 2.02. The molecule has 2 rings (SSSR count). The van der Waals surface area contributed by atoms with Crippen LogP contribution in [0.1, 0.15) is 42.5 Å². The molecule has 0 amide bonds. The lowest BCUT2D eigenvalue weighted by molar-refractivity contribution is 0.182. The fraction of sp³-hybridized carbons (Fsp3) is 0.571. The Kier molecular flexibility index (Phi) is 3.20. The Hall–Kier alpha value is -1.02. The second kappa shape index (κ2) is 4.46. The molecular formula is C14H21NO. The summed E-state index contributed by atoms with van der Waals surface area (Å²) < 4.78 is 6.05. The highest BCUT2D eigenvalue weighted by Gasteiger charge is 2.33. The van der Waals surface area contributed by atoms with Crippen LogP contribution in [0, 0.1) is 13.8 Å². The van der Waals surface area contributed by atoms with Crippen molar-refractivity contribution in [2.24, 2.45) is 0 Å². The van der Waals surface area contributed by atoms with Crippen molar-refractivity contribution in [2.75, 3.05) is 7.05 Å². The van der Waals surface area contributed by atoms with Crippen LogP contribution in [0.15, 0.2) is 12.1 Å². The Labute approximate surface area is 98.0 Å². The van der Waals surface area contributed by atoms with Gasteiger partial charge >= 0.3 is 0 Å². The number of hydrogen-bond acceptors (Lipinski definition) is 2. The minimum atomic E-state index is 0.297. The summed E-state index contributed by atoms with van der Waals surface area (Å²) in [6.45, 7) is 6.50. The molecule has 1 N–H and O–H groups in total. The molecule has 0 saturated carbocycles. The number of likely N-dealkylation sites (N-methyl/N-ethyl adjacent to an activating group) is 1. The van der Waals surface area contributed by atoms with E-state index in [2.05, 4.69) is 38.2 Å². The third-order valence-corrected chi connectivity index (χ3v) is 3.34. The summed E-state index contributed by atoms with van der Waals surface area (Å²) in [4.78, 5) is 0. The van der Waals surface area contributed by atoms with Crippen molar-refractivity contribution < 1.29 is 4.74 Å². The number of rotatable bonds is 3. The molecule has 88 valence electrons. The summed E-state index contributed by atoms with van der Waals surface area (Å²) in [6, 6.07) is 4.75. The number of aryl methyl sites for hydroxylation is 2. The smallest absolute Gasteiger partial charge is 0.125 e. The molecule has 0 spiro atoms. The molecule has 0 fully saturated rings. The minimum absolute atomic E-state index is 0.297. The molecule has 1 aromatic carbocycles. The van der Waals surface area contributed by atoms with E-state index in [0.29, 0.717) is 12.1 Å². The van der Waals surface area contributed by atoms with Gasteiger partial charge in [-0.2, -0.15) is 0 Å². The first-order chi connectivity index (χ1) is 7.67. The lowest BCUT2D eigenvalue weighted by Crippen LogP contribution is -2.28. The first kappa shape index (κ1) is 11.5. The van der Waals surface area contributed by atoms with Crippen molar-refractivity contribution >= 4 is 0 Å². The molecule has 0 aromatic heterocycles. The Bertz CT molecular complexity index is 387. The monoisotopic (exact) mass is 219 g/mol. The quantitative estimate of drug-likeness (QED) is 0.843. The van der Waals surface area contributed by atoms with E-state index in [1.807, 2.05) is 7.05 Å². The van der Waals surface area contributed by atoms with E-state index in [1.54, 1.807) is 0 Å². The minimum Gasteiger partial charge on any atom is -0.488 e. The van der Waals surface area contributed by atoms with E-state index >= 15 is 0 Å². The zero-order valence-corrected chi connectivity index (χ0v) is 10.6. The molecule has 0 aliphatic carbocycles. The van der Waals surface area contributed by atoms with E-state index in [9.17, 15) is 0 Å². The number of nitrogens with one attached hydrogen (secondary N) is 1. The zero-order valence-electron chi connectivity index (χ0n) is 10.6. The highest BCUT2D eigenvalue weighted by Crippen LogP contribution is 2.40. The second-order valence-corrected chi connectivity index (χ2v) is 4.70. The summed E-state index contributed by atoms with van der Waals surface area (Å²) in [6.07, 6.45) is 2.57. The zero-order chi connectivity index (χ0) is 11.7. The molecule has 0 radical (unpaired) electrons. The van der Waals surface area contributed by atoms with Gasteiger partial charge in [0.15, 0.2) is 0 Å². The van der Waals surface area contributed by atoms with Crippen LogP contribution in [0.5, 0.6) is 5.75 Å². The summed E-state index contributed by atoms with van der Waals surface area (Å²) in [5.41, 5.74) is 3.97. The Morgan fingerprint density at radius 1 is 1.31 bits per heavy atom. The standard InChI is InChI=1S/C14H21NO/c1-5-6-11-14(15-4)13-10(3)7-9(2)8-12(13)16-11/h7-8,11,14-15H,5-6H2,1-4H3. The Morgan fingerprint density at radius 2 is 2.06 bits per heavy atom. The molecule has 1 aliphatic heterocycles. The van der Waals surface area contributed by atoms with Gasteiger partial charge in [-0.3, -0.25) is 0 Å². The largest absolute Gasteiger partial charge is 0.488 e. The van der Waals surface area contributed by atoms with Gasteiger partial charge in [0.2, 0.25) is 0 Å². The summed E-state index contributed by atoms with van der Waals surface area (Å²) in [5.74, 6) is 1.08. The van der Waals surface area contributed by atoms with Crippen LogP contribution < -0.4 is 10.1 Å². The fourth-order valence-corrected chi connectivity index (χ4v) is 2.69. The SMILES string of the molecule is CCCC1Oc2cc(C)cc(C)c2C1NC. The number of ether oxygens (including phenoxy) is 1. The van der Waals surface area contributed by atoms with E-state index < -0.39 is 0 Å². The first-order valence-electron chi connectivity index (χ1n) is 6.12. The predicted octanol–water partition coefficient (Wildman–Crippen LogP) is 3.13. The molecule has 1 aromatic rings. The molecule has 0 saturated heterocycles. The van der Waals surface area contributed by atoms with Gasteiger partial charge < -0.3 is 10.1 Å². The third-order valence-electron chi connectivity index (χ3n) is 3.34. The molecule has 16 heavy (non-hydrogen) atoms. The first-order valence-corrected chi connectivity index (χ1v) is 6.12. The normalized spacial score (nSPS) is 23.0. The Morgan fingerprint density at radius 3 is 2.69 bits per heavy atom. The van der Waals surface area contributed by atoms with Gasteiger partial charge in [-0.15, -0.1) is 0 Å². The van der Waals surface area contributed by atoms with Crippen LogP contribution in [0.3, 0.4) is 0 Å². The van der Waals surface area contributed by atoms with Gasteiger partial charge in [0.05, 0.1) is 6.04 Å². The molecule has 2 atom stereocenters. The maximum Gasteiger partial charge on any atom is 0.125 e. The molecular weight excluding hydrogens is 198 g/mol. The van der Waals surface area contributed by atoms with Crippen LogP contribution in [-0.2, 0) is 0 Å². The third kappa shape index (κ3) is 1.82. The Balaban J connectivity index is 2.38. The number of fused-ring (bicyclic) bond motifs is 1.